The van der Waals surface area contributed by atoms with Crippen molar-refractivity contribution in [2.75, 3.05) is 19.8 Å². The first-order valence-electron chi connectivity index (χ1n) is 14.5. The lowest BCUT2D eigenvalue weighted by molar-refractivity contribution is -0.163. The van der Waals surface area contributed by atoms with Gasteiger partial charge < -0.3 is 24.4 Å². The lowest BCUT2D eigenvalue weighted by Crippen LogP contribution is -2.61. The van der Waals surface area contributed by atoms with Crippen molar-refractivity contribution < 1.29 is 29.0 Å². The van der Waals surface area contributed by atoms with E-state index in [0.717, 1.165) is 38.5 Å². The first-order valence-corrected chi connectivity index (χ1v) is 14.5. The number of aliphatic hydroxyl groups excluding tert-OH is 1. The molecule has 8 heteroatoms. The number of carbonyl (C=O) groups excluding carboxylic acids is 3. The summed E-state index contributed by atoms with van der Waals surface area (Å²) in [5.74, 6) is -2.54. The highest BCUT2D eigenvalue weighted by Crippen LogP contribution is 2.64. The van der Waals surface area contributed by atoms with Gasteiger partial charge in [-0.25, -0.2) is 0 Å². The highest BCUT2D eigenvalue weighted by molar-refractivity contribution is 5.99. The van der Waals surface area contributed by atoms with E-state index >= 15 is 0 Å². The standard InChI is InChI=1S/C30H46N2O6/c1-6-9-18-37-28(36)24-23-26(34)32(22(19-33)20(4)8-3)25(30(23)16-15-29(24,5)38-30)27(35)31(17-7-2)21-13-11-10-12-14-21/h6-7,20-25,33H,1-2,8-19H2,3-5H3/t20-,22-,23-,24-,25?,29+,30?/m0/s1. The van der Waals surface area contributed by atoms with E-state index in [1.165, 1.54) is 0 Å². The summed E-state index contributed by atoms with van der Waals surface area (Å²) in [5, 5.41) is 10.5. The predicted octanol–water partition coefficient (Wildman–Crippen LogP) is 3.62. The Kier molecular flexibility index (Phi) is 8.72. The second kappa shape index (κ2) is 11.5. The minimum absolute atomic E-state index is 0.0391. The number of carbonyl (C=O) groups is 3. The summed E-state index contributed by atoms with van der Waals surface area (Å²) in [5.41, 5.74) is -2.00. The van der Waals surface area contributed by atoms with E-state index in [1.807, 2.05) is 25.7 Å². The molecule has 0 aromatic carbocycles. The number of amides is 2. The topological polar surface area (TPSA) is 96.4 Å². The van der Waals surface area contributed by atoms with E-state index < -0.39 is 41.1 Å². The fraction of sp³-hybridized carbons (Fsp3) is 0.767. The van der Waals surface area contributed by atoms with Crippen LogP contribution in [0.15, 0.2) is 25.3 Å². The van der Waals surface area contributed by atoms with Crippen molar-refractivity contribution in [2.45, 2.75) is 108 Å². The smallest absolute Gasteiger partial charge is 0.312 e. The summed E-state index contributed by atoms with van der Waals surface area (Å²) >= 11 is 0. The van der Waals surface area contributed by atoms with Crippen molar-refractivity contribution in [2.24, 2.45) is 17.8 Å². The van der Waals surface area contributed by atoms with E-state index in [2.05, 4.69) is 13.2 Å². The molecule has 212 valence electrons. The number of hydrogen-bond donors (Lipinski definition) is 1. The van der Waals surface area contributed by atoms with Gasteiger partial charge in [0.15, 0.2) is 0 Å². The van der Waals surface area contributed by atoms with Crippen LogP contribution >= 0.6 is 0 Å². The molecule has 1 N–H and O–H groups in total. The Labute approximate surface area is 227 Å². The first kappa shape index (κ1) is 28.8. The summed E-state index contributed by atoms with van der Waals surface area (Å²) in [6.07, 6.45) is 10.9. The molecule has 8 nitrogen and oxygen atoms in total. The predicted molar refractivity (Wildman–Crippen MR) is 144 cm³/mol. The molecule has 2 amide bonds. The molecule has 3 heterocycles. The number of nitrogens with zero attached hydrogens (tertiary/aromatic N) is 2. The van der Waals surface area contributed by atoms with Gasteiger partial charge in [-0.2, -0.15) is 0 Å². The monoisotopic (exact) mass is 530 g/mol. The van der Waals surface area contributed by atoms with Crippen LogP contribution in [0, 0.1) is 17.8 Å². The number of aliphatic hydroxyl groups is 1. The lowest BCUT2D eigenvalue weighted by atomic mass is 9.66. The molecule has 0 aromatic heterocycles. The van der Waals surface area contributed by atoms with Crippen LogP contribution in [0.1, 0.15) is 78.6 Å². The zero-order chi connectivity index (χ0) is 27.7. The van der Waals surface area contributed by atoms with Crippen molar-refractivity contribution in [3.63, 3.8) is 0 Å². The first-order chi connectivity index (χ1) is 18.2. The molecule has 3 saturated heterocycles. The Morgan fingerprint density at radius 3 is 2.55 bits per heavy atom. The van der Waals surface area contributed by atoms with Crippen LogP contribution in [-0.2, 0) is 23.9 Å². The largest absolute Gasteiger partial charge is 0.465 e. The van der Waals surface area contributed by atoms with Gasteiger partial charge in [-0.05, 0) is 44.9 Å². The van der Waals surface area contributed by atoms with E-state index in [9.17, 15) is 19.5 Å². The van der Waals surface area contributed by atoms with Crippen LogP contribution in [0.4, 0.5) is 0 Å². The Hall–Kier alpha value is -2.19. The summed E-state index contributed by atoms with van der Waals surface area (Å²) in [6.45, 7) is 13.8. The molecule has 4 rings (SSSR count). The maximum atomic E-state index is 14.6. The van der Waals surface area contributed by atoms with E-state index in [-0.39, 0.29) is 37.0 Å². The van der Waals surface area contributed by atoms with E-state index in [4.69, 9.17) is 9.47 Å². The van der Waals surface area contributed by atoms with Crippen LogP contribution in [0.5, 0.6) is 0 Å². The molecule has 1 spiro atoms. The summed E-state index contributed by atoms with van der Waals surface area (Å²) < 4.78 is 12.3. The molecule has 2 unspecified atom stereocenters. The third kappa shape index (κ3) is 4.61. The lowest BCUT2D eigenvalue weighted by Gasteiger charge is -2.43. The maximum Gasteiger partial charge on any atom is 0.312 e. The van der Waals surface area contributed by atoms with Crippen molar-refractivity contribution in [3.8, 4) is 0 Å². The van der Waals surface area contributed by atoms with E-state index in [1.54, 1.807) is 17.1 Å². The molecule has 4 aliphatic rings. The van der Waals surface area contributed by atoms with Crippen molar-refractivity contribution >= 4 is 17.8 Å². The van der Waals surface area contributed by atoms with Crippen LogP contribution in [0.2, 0.25) is 0 Å². The average Bonchev–Trinajstić information content (AvgIpc) is 3.48. The third-order valence-electron chi connectivity index (χ3n) is 9.74. The van der Waals surface area contributed by atoms with Crippen LogP contribution in [-0.4, -0.2) is 81.8 Å². The zero-order valence-corrected chi connectivity index (χ0v) is 23.4. The minimum atomic E-state index is -1.12. The van der Waals surface area contributed by atoms with Gasteiger partial charge in [0.05, 0.1) is 30.8 Å². The van der Waals surface area contributed by atoms with Gasteiger partial charge in [-0.15, -0.1) is 13.2 Å². The summed E-state index contributed by atoms with van der Waals surface area (Å²) in [4.78, 5) is 45.9. The van der Waals surface area contributed by atoms with Gasteiger partial charge in [-0.1, -0.05) is 51.7 Å². The van der Waals surface area contributed by atoms with Crippen LogP contribution in [0.3, 0.4) is 0 Å². The van der Waals surface area contributed by atoms with Crippen LogP contribution < -0.4 is 0 Å². The van der Waals surface area contributed by atoms with Gasteiger partial charge in [0.2, 0.25) is 11.8 Å². The van der Waals surface area contributed by atoms with E-state index in [0.29, 0.717) is 25.8 Å². The molecule has 4 fully saturated rings. The Morgan fingerprint density at radius 2 is 1.95 bits per heavy atom. The summed E-state index contributed by atoms with van der Waals surface area (Å²) in [7, 11) is 0. The molecule has 3 aliphatic heterocycles. The fourth-order valence-corrected chi connectivity index (χ4v) is 7.61. The Balaban J connectivity index is 1.78. The third-order valence-corrected chi connectivity index (χ3v) is 9.74. The van der Waals surface area contributed by atoms with Gasteiger partial charge in [0, 0.05) is 12.6 Å². The second-order valence-electron chi connectivity index (χ2n) is 11.9. The molecule has 0 radical (unpaired) electrons. The molecule has 7 atom stereocenters. The SMILES string of the molecule is C=CCCOC(=O)[C@@H]1[C@H]2C(=O)N([C@@H](CO)[C@@H](C)CC)C(C(=O)N(CC=C)C3CCCCC3)C23CC[C@@]1(C)O3. The normalized spacial score (nSPS) is 34.1. The number of ether oxygens (including phenoxy) is 2. The molecule has 38 heavy (non-hydrogen) atoms. The average molecular weight is 531 g/mol. The second-order valence-corrected chi connectivity index (χ2v) is 11.9. The highest BCUT2D eigenvalue weighted by Gasteiger charge is 2.79. The molecule has 0 aromatic rings. The molecule has 2 bridgehead atoms. The fourth-order valence-electron chi connectivity index (χ4n) is 7.61. The highest BCUT2D eigenvalue weighted by atomic mass is 16.6. The van der Waals surface area contributed by atoms with Crippen molar-refractivity contribution in [1.82, 2.24) is 9.80 Å². The molecular formula is C30H46N2O6. The number of fused-ring (bicyclic) bond motifs is 1. The number of rotatable bonds is 12. The molecule has 1 aliphatic carbocycles. The summed E-state index contributed by atoms with van der Waals surface area (Å²) in [6, 6.07) is -1.38. The van der Waals surface area contributed by atoms with Gasteiger partial charge >= 0.3 is 5.97 Å². The number of likely N-dealkylation sites (tertiary alicyclic amines) is 1. The minimum Gasteiger partial charge on any atom is -0.465 e. The quantitative estimate of drug-likeness (QED) is 0.235. The Morgan fingerprint density at radius 1 is 1.24 bits per heavy atom. The zero-order valence-electron chi connectivity index (χ0n) is 23.4. The van der Waals surface area contributed by atoms with Gasteiger partial charge in [0.1, 0.15) is 17.6 Å². The van der Waals surface area contributed by atoms with Crippen LogP contribution in [0.25, 0.3) is 0 Å². The van der Waals surface area contributed by atoms with Gasteiger partial charge in [0.25, 0.3) is 0 Å². The van der Waals surface area contributed by atoms with Crippen molar-refractivity contribution in [3.05, 3.63) is 25.3 Å². The Bertz CT molecular complexity index is 932. The molecule has 1 saturated carbocycles. The molecular weight excluding hydrogens is 484 g/mol. The van der Waals surface area contributed by atoms with Crippen molar-refractivity contribution in [1.29, 1.82) is 0 Å². The number of hydrogen-bond acceptors (Lipinski definition) is 6. The van der Waals surface area contributed by atoms with Gasteiger partial charge in [-0.3, -0.25) is 14.4 Å². The number of esters is 1. The maximum absolute atomic E-state index is 14.6.